The number of likely N-dealkylation sites (tertiary alicyclic amines) is 1. The summed E-state index contributed by atoms with van der Waals surface area (Å²) in [6, 6.07) is 20.3. The number of carbonyl (C=O) groups is 1. The van der Waals surface area contributed by atoms with Gasteiger partial charge >= 0.3 is 6.18 Å². The maximum absolute atomic E-state index is 16.0. The third-order valence-electron chi connectivity index (χ3n) is 9.20. The predicted molar refractivity (Wildman–Crippen MR) is 185 cm³/mol. The number of sulfonamides is 1. The van der Waals surface area contributed by atoms with Gasteiger partial charge in [-0.3, -0.25) is 9.52 Å². The summed E-state index contributed by atoms with van der Waals surface area (Å²) in [7, 11) is -3.95. The number of anilines is 2. The van der Waals surface area contributed by atoms with E-state index in [9.17, 15) is 26.4 Å². The topological polar surface area (TPSA) is 108 Å². The number of likely N-dealkylation sites (N-methyl/N-ethyl adjacent to an activating group) is 1. The van der Waals surface area contributed by atoms with Crippen molar-refractivity contribution >= 4 is 27.3 Å². The number of nitrogens with zero attached hydrogens (tertiary/aromatic N) is 5. The molecular weight excluding hydrogens is 688 g/mol. The molecule has 15 heteroatoms. The molecule has 0 spiro atoms. The van der Waals surface area contributed by atoms with Crippen LogP contribution in [0.2, 0.25) is 0 Å². The highest BCUT2D eigenvalue weighted by Gasteiger charge is 2.33. The van der Waals surface area contributed by atoms with Crippen LogP contribution in [-0.4, -0.2) is 80.1 Å². The van der Waals surface area contributed by atoms with Crippen molar-refractivity contribution < 1.29 is 35.5 Å². The summed E-state index contributed by atoms with van der Waals surface area (Å²) in [5, 5.41) is 6.66. The predicted octanol–water partition coefficient (Wildman–Crippen LogP) is 6.53. The number of piperazine rings is 1. The van der Waals surface area contributed by atoms with E-state index in [2.05, 4.69) is 26.7 Å². The van der Waals surface area contributed by atoms with Crippen LogP contribution in [0.4, 0.5) is 28.9 Å². The molecule has 0 atom stereocenters. The zero-order chi connectivity index (χ0) is 36.2. The molecule has 2 aliphatic rings. The largest absolute Gasteiger partial charge is 0.438 e. The first-order valence-corrected chi connectivity index (χ1v) is 18.4. The molecule has 1 amide bonds. The second-order valence-corrected chi connectivity index (χ2v) is 14.3. The summed E-state index contributed by atoms with van der Waals surface area (Å²) in [6.45, 7) is 6.14. The minimum atomic E-state index is -4.59. The molecule has 0 bridgehead atoms. The number of benzene rings is 3. The standard InChI is InChI=1S/C36H38F4N6O4S/c1-2-44-18-20-45(21-19-44)34-30(37)22-28(23-31(34)43-51(48,49)24-25-6-4-3-5-7-25)35(47)46-16-14-27(15-17-46)26-8-10-29(11-9-26)50-33-13-12-32(41-42-33)36(38,39)40/h3-13,22-23,27,43H,2,14-21,24H2,1H3. The van der Waals surface area contributed by atoms with Crippen molar-refractivity contribution in [2.75, 3.05) is 55.4 Å². The number of hydrogen-bond donors (Lipinski definition) is 1. The molecule has 2 saturated heterocycles. The van der Waals surface area contributed by atoms with Crippen LogP contribution in [0.1, 0.15) is 52.9 Å². The Balaban J connectivity index is 1.13. The van der Waals surface area contributed by atoms with E-state index in [1.54, 1.807) is 47.4 Å². The van der Waals surface area contributed by atoms with Crippen LogP contribution < -0.4 is 14.4 Å². The number of nitrogens with one attached hydrogen (secondary N) is 1. The lowest BCUT2D eigenvalue weighted by Crippen LogP contribution is -2.46. The van der Waals surface area contributed by atoms with Gasteiger partial charge in [-0.1, -0.05) is 49.4 Å². The van der Waals surface area contributed by atoms with Gasteiger partial charge in [0.15, 0.2) is 5.69 Å². The summed E-state index contributed by atoms with van der Waals surface area (Å²) in [6.07, 6.45) is -3.32. The van der Waals surface area contributed by atoms with Gasteiger partial charge in [-0.05, 0) is 66.8 Å². The van der Waals surface area contributed by atoms with Gasteiger partial charge in [0.25, 0.3) is 5.91 Å². The van der Waals surface area contributed by atoms with E-state index in [4.69, 9.17) is 4.74 Å². The van der Waals surface area contributed by atoms with E-state index in [1.165, 1.54) is 12.1 Å². The van der Waals surface area contributed by atoms with E-state index in [0.29, 0.717) is 63.4 Å². The SMILES string of the molecule is CCN1CCN(c2c(F)cc(C(=O)N3CCC(c4ccc(Oc5ccc(C(F)(F)F)nn5)cc4)CC3)cc2NS(=O)(=O)Cc2ccccc2)CC1. The van der Waals surface area contributed by atoms with Gasteiger partial charge in [-0.2, -0.15) is 13.2 Å². The Morgan fingerprint density at radius 3 is 2.20 bits per heavy atom. The third-order valence-corrected chi connectivity index (χ3v) is 10.4. The summed E-state index contributed by atoms with van der Waals surface area (Å²) < 4.78 is 89.1. The minimum absolute atomic E-state index is 0.0405. The molecule has 10 nitrogen and oxygen atoms in total. The average Bonchev–Trinajstić information content (AvgIpc) is 3.11. The second kappa shape index (κ2) is 15.2. The lowest BCUT2D eigenvalue weighted by atomic mass is 9.89. The fraction of sp³-hybridized carbons (Fsp3) is 0.361. The van der Waals surface area contributed by atoms with Crippen molar-refractivity contribution in [2.45, 2.75) is 37.6 Å². The van der Waals surface area contributed by atoms with Crippen molar-refractivity contribution in [1.29, 1.82) is 0 Å². The number of alkyl halides is 3. The van der Waals surface area contributed by atoms with Gasteiger partial charge in [-0.15, -0.1) is 10.2 Å². The number of hydrogen-bond acceptors (Lipinski definition) is 8. The highest BCUT2D eigenvalue weighted by atomic mass is 32.2. The Bertz CT molecular complexity index is 1910. The monoisotopic (exact) mass is 726 g/mol. The second-order valence-electron chi connectivity index (χ2n) is 12.6. The Kier molecular flexibility index (Phi) is 10.8. The maximum atomic E-state index is 16.0. The van der Waals surface area contributed by atoms with Gasteiger partial charge < -0.3 is 19.4 Å². The van der Waals surface area contributed by atoms with Crippen LogP contribution in [0, 0.1) is 5.82 Å². The lowest BCUT2D eigenvalue weighted by molar-refractivity contribution is -0.141. The van der Waals surface area contributed by atoms with Crippen molar-refractivity contribution in [2.24, 2.45) is 0 Å². The van der Waals surface area contributed by atoms with Gasteiger partial charge in [0, 0.05) is 50.9 Å². The van der Waals surface area contributed by atoms with Crippen LogP contribution in [-0.2, 0) is 22.0 Å². The van der Waals surface area contributed by atoms with Crippen LogP contribution >= 0.6 is 0 Å². The number of carbonyl (C=O) groups excluding carboxylic acids is 1. The molecule has 4 aromatic rings. The van der Waals surface area contributed by atoms with Gasteiger partial charge in [0.05, 0.1) is 17.1 Å². The van der Waals surface area contributed by atoms with E-state index in [0.717, 1.165) is 24.2 Å². The van der Waals surface area contributed by atoms with Crippen LogP contribution in [0.3, 0.4) is 0 Å². The van der Waals surface area contributed by atoms with Gasteiger partial charge in [0.2, 0.25) is 15.9 Å². The van der Waals surface area contributed by atoms with Gasteiger partial charge in [-0.25, -0.2) is 12.8 Å². The molecule has 3 aromatic carbocycles. The third kappa shape index (κ3) is 8.95. The smallest absolute Gasteiger partial charge is 0.435 e. The molecule has 1 aromatic heterocycles. The normalized spacial score (nSPS) is 16.3. The summed E-state index contributed by atoms with van der Waals surface area (Å²) in [5.74, 6) is -0.926. The van der Waals surface area contributed by atoms with E-state index in [-0.39, 0.29) is 40.4 Å². The quantitative estimate of drug-likeness (QED) is 0.184. The van der Waals surface area contributed by atoms with E-state index < -0.39 is 27.7 Å². The number of aromatic nitrogens is 2. The van der Waals surface area contributed by atoms with E-state index >= 15 is 4.39 Å². The molecule has 2 fully saturated rings. The van der Waals surface area contributed by atoms with Crippen molar-refractivity contribution in [3.05, 3.63) is 107 Å². The highest BCUT2D eigenvalue weighted by molar-refractivity contribution is 7.91. The molecule has 6 rings (SSSR count). The molecule has 1 N–H and O–H groups in total. The molecular formula is C36H38F4N6O4S. The van der Waals surface area contributed by atoms with Crippen molar-refractivity contribution in [3.63, 3.8) is 0 Å². The summed E-state index contributed by atoms with van der Waals surface area (Å²) in [5.41, 5.74) is 0.708. The Morgan fingerprint density at radius 2 is 1.59 bits per heavy atom. The Morgan fingerprint density at radius 1 is 0.902 bits per heavy atom. The number of amides is 1. The first kappa shape index (κ1) is 36.0. The Labute approximate surface area is 294 Å². The number of halogens is 4. The summed E-state index contributed by atoms with van der Waals surface area (Å²) >= 11 is 0. The van der Waals surface area contributed by atoms with Crippen molar-refractivity contribution in [3.8, 4) is 11.6 Å². The van der Waals surface area contributed by atoms with Crippen LogP contribution in [0.25, 0.3) is 0 Å². The average molecular weight is 727 g/mol. The molecule has 51 heavy (non-hydrogen) atoms. The highest BCUT2D eigenvalue weighted by Crippen LogP contribution is 2.35. The molecule has 0 unspecified atom stereocenters. The van der Waals surface area contributed by atoms with Crippen LogP contribution in [0.5, 0.6) is 11.6 Å². The van der Waals surface area contributed by atoms with Crippen molar-refractivity contribution in [1.82, 2.24) is 20.0 Å². The Hall–Kier alpha value is -4.76. The van der Waals surface area contributed by atoms with Crippen LogP contribution in [0.15, 0.2) is 78.9 Å². The fourth-order valence-electron chi connectivity index (χ4n) is 6.46. The number of rotatable bonds is 10. The molecule has 0 saturated carbocycles. The molecule has 0 aliphatic carbocycles. The number of piperidine rings is 1. The summed E-state index contributed by atoms with van der Waals surface area (Å²) in [4.78, 5) is 19.4. The van der Waals surface area contributed by atoms with E-state index in [1.807, 2.05) is 17.0 Å². The fourth-order valence-corrected chi connectivity index (χ4v) is 7.65. The molecule has 0 radical (unpaired) electrons. The van der Waals surface area contributed by atoms with Gasteiger partial charge in [0.1, 0.15) is 11.6 Å². The molecule has 270 valence electrons. The lowest BCUT2D eigenvalue weighted by Gasteiger charge is -2.37. The first-order chi connectivity index (χ1) is 24.4. The maximum Gasteiger partial charge on any atom is 0.435 e. The number of ether oxygens (including phenoxy) is 1. The minimum Gasteiger partial charge on any atom is -0.438 e. The first-order valence-electron chi connectivity index (χ1n) is 16.7. The molecule has 2 aliphatic heterocycles. The molecule has 3 heterocycles. The zero-order valence-electron chi connectivity index (χ0n) is 27.9. The zero-order valence-corrected chi connectivity index (χ0v) is 28.8.